The normalized spacial score (nSPS) is 20.7. The smallest absolute Gasteiger partial charge is 0.254 e. The highest BCUT2D eigenvalue weighted by atomic mass is 32.2. The summed E-state index contributed by atoms with van der Waals surface area (Å²) in [6.45, 7) is 0.0913. The molecule has 1 heterocycles. The molecule has 0 aliphatic carbocycles. The summed E-state index contributed by atoms with van der Waals surface area (Å²) in [4.78, 5) is 11.2. The highest BCUT2D eigenvalue weighted by molar-refractivity contribution is 7.88. The fourth-order valence-electron chi connectivity index (χ4n) is 1.53. The molecule has 1 saturated heterocycles. The van der Waals surface area contributed by atoms with Crippen molar-refractivity contribution in [3.8, 4) is 0 Å². The van der Waals surface area contributed by atoms with Gasteiger partial charge in [0, 0.05) is 0 Å². The van der Waals surface area contributed by atoms with Crippen LogP contribution in [0.5, 0.6) is 0 Å². The predicted octanol–water partition coefficient (Wildman–Crippen LogP) is -0.314. The van der Waals surface area contributed by atoms with Gasteiger partial charge in [0.15, 0.2) is 0 Å². The number of β-lactam (4-membered cyclic amide) rings is 1. The number of nitrogens with two attached hydrogens (primary N) is 1. The maximum absolute atomic E-state index is 11.8. The van der Waals surface area contributed by atoms with Crippen LogP contribution in [-0.2, 0) is 20.6 Å². The van der Waals surface area contributed by atoms with Gasteiger partial charge in [-0.25, -0.2) is 12.7 Å². The maximum Gasteiger partial charge on any atom is 0.254 e. The minimum atomic E-state index is -3.55. The third-order valence-electron chi connectivity index (χ3n) is 2.45. The number of carbonyl (C=O) groups is 1. The molecule has 0 aromatic heterocycles. The van der Waals surface area contributed by atoms with Crippen molar-refractivity contribution in [3.05, 3.63) is 35.9 Å². The van der Waals surface area contributed by atoms with E-state index in [9.17, 15) is 13.2 Å². The second-order valence-electron chi connectivity index (χ2n) is 3.72. The zero-order chi connectivity index (χ0) is 11.8. The zero-order valence-corrected chi connectivity index (χ0v) is 9.35. The molecule has 1 aromatic rings. The minimum Gasteiger partial charge on any atom is -0.318 e. The maximum atomic E-state index is 11.8. The molecule has 0 saturated carbocycles. The molecule has 0 radical (unpaired) electrons. The summed E-state index contributed by atoms with van der Waals surface area (Å²) in [5, 5.41) is 0. The Morgan fingerprint density at radius 3 is 2.44 bits per heavy atom. The van der Waals surface area contributed by atoms with E-state index < -0.39 is 22.0 Å². The van der Waals surface area contributed by atoms with E-state index in [1.165, 1.54) is 0 Å². The topological polar surface area (TPSA) is 80.5 Å². The van der Waals surface area contributed by atoms with Gasteiger partial charge in [-0.3, -0.25) is 4.79 Å². The number of benzene rings is 1. The molecule has 1 fully saturated rings. The van der Waals surface area contributed by atoms with Crippen molar-refractivity contribution in [1.82, 2.24) is 4.31 Å². The van der Waals surface area contributed by atoms with Crippen LogP contribution >= 0.6 is 0 Å². The van der Waals surface area contributed by atoms with Crippen molar-refractivity contribution in [1.29, 1.82) is 0 Å². The van der Waals surface area contributed by atoms with E-state index in [4.69, 9.17) is 5.73 Å². The first-order chi connectivity index (χ1) is 7.50. The second kappa shape index (κ2) is 3.88. The molecular formula is C10H12N2O3S. The lowest BCUT2D eigenvalue weighted by Gasteiger charge is -2.34. The van der Waals surface area contributed by atoms with Crippen molar-refractivity contribution in [2.24, 2.45) is 5.73 Å². The number of rotatable bonds is 3. The van der Waals surface area contributed by atoms with Gasteiger partial charge >= 0.3 is 0 Å². The van der Waals surface area contributed by atoms with Gasteiger partial charge in [-0.1, -0.05) is 30.3 Å². The lowest BCUT2D eigenvalue weighted by atomic mass is 10.2. The number of sulfonamides is 1. The first kappa shape index (κ1) is 11.1. The molecule has 1 aliphatic rings. The molecule has 16 heavy (non-hydrogen) atoms. The van der Waals surface area contributed by atoms with Crippen LogP contribution in [-0.4, -0.2) is 31.2 Å². The van der Waals surface area contributed by atoms with E-state index in [2.05, 4.69) is 0 Å². The number of carbonyl (C=O) groups excluding carboxylic acids is 1. The quantitative estimate of drug-likeness (QED) is 0.735. The van der Waals surface area contributed by atoms with Crippen LogP contribution in [0.15, 0.2) is 30.3 Å². The highest BCUT2D eigenvalue weighted by Crippen LogP contribution is 2.17. The summed E-state index contributed by atoms with van der Waals surface area (Å²) in [7, 11) is -3.55. The Morgan fingerprint density at radius 1 is 1.31 bits per heavy atom. The molecule has 0 unspecified atom stereocenters. The Bertz CT molecular complexity index is 498. The molecule has 2 rings (SSSR count). The predicted molar refractivity (Wildman–Crippen MR) is 58.8 cm³/mol. The molecule has 2 N–H and O–H groups in total. The van der Waals surface area contributed by atoms with E-state index in [1.807, 2.05) is 0 Å². The Morgan fingerprint density at radius 2 is 1.94 bits per heavy atom. The van der Waals surface area contributed by atoms with Crippen molar-refractivity contribution >= 4 is 15.9 Å². The summed E-state index contributed by atoms with van der Waals surface area (Å²) < 4.78 is 24.4. The van der Waals surface area contributed by atoms with Crippen LogP contribution in [0.1, 0.15) is 5.56 Å². The largest absolute Gasteiger partial charge is 0.318 e. The van der Waals surface area contributed by atoms with E-state index in [-0.39, 0.29) is 12.3 Å². The molecule has 0 bridgehead atoms. The van der Waals surface area contributed by atoms with Crippen LogP contribution in [0, 0.1) is 0 Å². The summed E-state index contributed by atoms with van der Waals surface area (Å²) >= 11 is 0. The van der Waals surface area contributed by atoms with Gasteiger partial charge in [-0.05, 0) is 5.56 Å². The fourth-order valence-corrected chi connectivity index (χ4v) is 3.10. The number of amides is 1. The van der Waals surface area contributed by atoms with Crippen molar-refractivity contribution in [2.45, 2.75) is 11.8 Å². The summed E-state index contributed by atoms with van der Waals surface area (Å²) in [5.41, 5.74) is 6.01. The van der Waals surface area contributed by atoms with Crippen LogP contribution < -0.4 is 5.73 Å². The Balaban J connectivity index is 2.13. The summed E-state index contributed by atoms with van der Waals surface area (Å²) in [6, 6.07) is 8.08. The summed E-state index contributed by atoms with van der Waals surface area (Å²) in [5.74, 6) is -0.678. The lowest BCUT2D eigenvalue weighted by Crippen LogP contribution is -2.62. The average Bonchev–Trinajstić information content (AvgIpc) is 2.26. The highest BCUT2D eigenvalue weighted by Gasteiger charge is 2.41. The standard InChI is InChI=1S/C10H12N2O3S/c11-9-6-12(10(9)13)16(14,15)7-8-4-2-1-3-5-8/h1-5,9H,6-7,11H2/t9-/m1/s1. The van der Waals surface area contributed by atoms with Crippen LogP contribution in [0.3, 0.4) is 0 Å². The van der Waals surface area contributed by atoms with E-state index in [1.54, 1.807) is 30.3 Å². The molecule has 1 aliphatic heterocycles. The Kier molecular flexibility index (Phi) is 2.69. The van der Waals surface area contributed by atoms with E-state index >= 15 is 0 Å². The minimum absolute atomic E-state index is 0.0913. The van der Waals surface area contributed by atoms with Crippen LogP contribution in [0.25, 0.3) is 0 Å². The molecule has 1 aromatic carbocycles. The average molecular weight is 240 g/mol. The van der Waals surface area contributed by atoms with E-state index in [0.29, 0.717) is 5.56 Å². The van der Waals surface area contributed by atoms with Gasteiger partial charge in [0.1, 0.15) is 6.04 Å². The first-order valence-electron chi connectivity index (χ1n) is 4.84. The molecule has 6 heteroatoms. The van der Waals surface area contributed by atoms with Gasteiger partial charge in [-0.15, -0.1) is 0 Å². The number of hydrogen-bond acceptors (Lipinski definition) is 4. The third-order valence-corrected chi connectivity index (χ3v) is 4.15. The summed E-state index contributed by atoms with van der Waals surface area (Å²) in [6.07, 6.45) is 0. The number of nitrogens with zero attached hydrogens (tertiary/aromatic N) is 1. The monoisotopic (exact) mass is 240 g/mol. The van der Waals surface area contributed by atoms with Crippen LogP contribution in [0.2, 0.25) is 0 Å². The Hall–Kier alpha value is -1.40. The number of hydrogen-bond donors (Lipinski definition) is 1. The van der Waals surface area contributed by atoms with Gasteiger partial charge in [0.2, 0.25) is 10.0 Å². The van der Waals surface area contributed by atoms with Crippen molar-refractivity contribution < 1.29 is 13.2 Å². The molecular weight excluding hydrogens is 228 g/mol. The van der Waals surface area contributed by atoms with Gasteiger partial charge in [-0.2, -0.15) is 0 Å². The molecule has 0 spiro atoms. The van der Waals surface area contributed by atoms with E-state index in [0.717, 1.165) is 4.31 Å². The van der Waals surface area contributed by atoms with Gasteiger partial charge in [0.25, 0.3) is 5.91 Å². The fraction of sp³-hybridized carbons (Fsp3) is 0.300. The first-order valence-corrected chi connectivity index (χ1v) is 6.45. The van der Waals surface area contributed by atoms with Gasteiger partial charge in [0.05, 0.1) is 12.3 Å². The van der Waals surface area contributed by atoms with Gasteiger partial charge < -0.3 is 5.73 Å². The Labute approximate surface area is 93.9 Å². The molecule has 1 atom stereocenters. The lowest BCUT2D eigenvalue weighted by molar-refractivity contribution is -0.135. The molecule has 5 nitrogen and oxygen atoms in total. The molecule has 86 valence electrons. The zero-order valence-electron chi connectivity index (χ0n) is 8.54. The van der Waals surface area contributed by atoms with Crippen molar-refractivity contribution in [3.63, 3.8) is 0 Å². The SMILES string of the molecule is N[C@@H]1CN(S(=O)(=O)Cc2ccccc2)C1=O. The second-order valence-corrected chi connectivity index (χ2v) is 5.61. The molecule has 1 amide bonds. The van der Waals surface area contributed by atoms with Crippen molar-refractivity contribution in [2.75, 3.05) is 6.54 Å². The third kappa shape index (κ3) is 1.94. The van der Waals surface area contributed by atoms with Crippen LogP contribution in [0.4, 0.5) is 0 Å².